The first-order valence-electron chi connectivity index (χ1n) is 6.29. The Morgan fingerprint density at radius 2 is 2.05 bits per heavy atom. The number of nitrogens with one attached hydrogen (secondary N) is 1. The van der Waals surface area contributed by atoms with E-state index in [1.165, 1.54) is 6.07 Å². The van der Waals surface area contributed by atoms with Gasteiger partial charge in [0.15, 0.2) is 21.5 Å². The van der Waals surface area contributed by atoms with Crippen LogP contribution in [0.15, 0.2) is 17.0 Å². The molecule has 1 atom stereocenters. The topological polar surface area (TPSA) is 46.2 Å². The van der Waals surface area contributed by atoms with E-state index in [0.29, 0.717) is 6.42 Å². The highest BCUT2D eigenvalue weighted by atomic mass is 32.2. The maximum Gasteiger partial charge on any atom is 0.175 e. The van der Waals surface area contributed by atoms with Crippen LogP contribution in [0.2, 0.25) is 0 Å². The predicted molar refractivity (Wildman–Crippen MR) is 68.8 cm³/mol. The van der Waals surface area contributed by atoms with Gasteiger partial charge in [-0.05, 0) is 43.5 Å². The lowest BCUT2D eigenvalue weighted by Crippen LogP contribution is -2.35. The molecule has 1 saturated heterocycles. The molecular formula is C13H17F2NO2S. The fraction of sp³-hybridized carbons (Fsp3) is 0.538. The zero-order chi connectivity index (χ0) is 14.0. The zero-order valence-corrected chi connectivity index (χ0v) is 11.6. The smallest absolute Gasteiger partial charge is 0.175 e. The normalized spacial score (nSPS) is 20.5. The molecule has 19 heavy (non-hydrogen) atoms. The van der Waals surface area contributed by atoms with Crippen LogP contribution in [0.5, 0.6) is 0 Å². The second kappa shape index (κ2) is 5.54. The molecule has 2 rings (SSSR count). The van der Waals surface area contributed by atoms with Crippen LogP contribution in [0.3, 0.4) is 0 Å². The third kappa shape index (κ3) is 3.51. The van der Waals surface area contributed by atoms with Crippen LogP contribution in [-0.4, -0.2) is 27.3 Å². The first kappa shape index (κ1) is 14.4. The lowest BCUT2D eigenvalue weighted by atomic mass is 9.97. The van der Waals surface area contributed by atoms with Crippen LogP contribution in [0, 0.1) is 11.6 Å². The van der Waals surface area contributed by atoms with Crippen molar-refractivity contribution in [2.45, 2.75) is 36.6 Å². The quantitative estimate of drug-likeness (QED) is 0.866. The summed E-state index contributed by atoms with van der Waals surface area (Å²) < 4.78 is 50.1. The van der Waals surface area contributed by atoms with Gasteiger partial charge in [0.25, 0.3) is 0 Å². The van der Waals surface area contributed by atoms with Crippen molar-refractivity contribution >= 4 is 9.84 Å². The summed E-state index contributed by atoms with van der Waals surface area (Å²) >= 11 is 0. The van der Waals surface area contributed by atoms with E-state index in [4.69, 9.17) is 0 Å². The van der Waals surface area contributed by atoms with E-state index in [-0.39, 0.29) is 16.5 Å². The Hall–Kier alpha value is -1.01. The molecule has 1 heterocycles. The van der Waals surface area contributed by atoms with Crippen molar-refractivity contribution in [2.75, 3.05) is 12.8 Å². The molecule has 0 aliphatic carbocycles. The molecule has 6 heteroatoms. The van der Waals surface area contributed by atoms with Crippen molar-refractivity contribution in [3.8, 4) is 0 Å². The molecule has 0 spiro atoms. The fourth-order valence-electron chi connectivity index (χ4n) is 2.34. The van der Waals surface area contributed by atoms with Gasteiger partial charge in [0.1, 0.15) is 0 Å². The summed E-state index contributed by atoms with van der Waals surface area (Å²) in [6, 6.07) is 2.06. The monoisotopic (exact) mass is 289 g/mol. The molecule has 1 aliphatic heterocycles. The maximum absolute atomic E-state index is 13.7. The molecule has 1 N–H and O–H groups in total. The van der Waals surface area contributed by atoms with Gasteiger partial charge in [-0.2, -0.15) is 0 Å². The van der Waals surface area contributed by atoms with Gasteiger partial charge in [-0.3, -0.25) is 0 Å². The van der Waals surface area contributed by atoms with Crippen molar-refractivity contribution in [1.29, 1.82) is 0 Å². The molecule has 106 valence electrons. The Kier molecular flexibility index (Phi) is 4.20. The van der Waals surface area contributed by atoms with Crippen molar-refractivity contribution in [3.63, 3.8) is 0 Å². The number of hydrogen-bond acceptors (Lipinski definition) is 3. The molecule has 0 bridgehead atoms. The highest BCUT2D eigenvalue weighted by molar-refractivity contribution is 7.90. The molecule has 0 amide bonds. The van der Waals surface area contributed by atoms with E-state index in [9.17, 15) is 17.2 Å². The van der Waals surface area contributed by atoms with Crippen LogP contribution in [0.25, 0.3) is 0 Å². The molecule has 1 unspecified atom stereocenters. The summed E-state index contributed by atoms with van der Waals surface area (Å²) in [5.74, 6) is -2.05. The summed E-state index contributed by atoms with van der Waals surface area (Å²) in [6.45, 7) is 0.862. The van der Waals surface area contributed by atoms with Crippen LogP contribution < -0.4 is 5.32 Å². The molecule has 0 radical (unpaired) electrons. The minimum Gasteiger partial charge on any atom is -0.314 e. The number of rotatable bonds is 3. The highest BCUT2D eigenvalue weighted by Crippen LogP contribution is 2.21. The van der Waals surface area contributed by atoms with Gasteiger partial charge < -0.3 is 5.32 Å². The molecule has 0 saturated carbocycles. The van der Waals surface area contributed by atoms with Crippen molar-refractivity contribution < 1.29 is 17.2 Å². The summed E-state index contributed by atoms with van der Waals surface area (Å²) in [7, 11) is -3.53. The Bertz CT molecular complexity index is 566. The van der Waals surface area contributed by atoms with E-state index >= 15 is 0 Å². The SMILES string of the molecule is CS(=O)(=O)c1cc(F)c(F)c(CC2CCCCN2)c1. The van der Waals surface area contributed by atoms with Crippen LogP contribution >= 0.6 is 0 Å². The minimum absolute atomic E-state index is 0.0810. The zero-order valence-electron chi connectivity index (χ0n) is 10.7. The Labute approximate surface area is 111 Å². The third-order valence-corrected chi connectivity index (χ3v) is 4.48. The van der Waals surface area contributed by atoms with Crippen molar-refractivity contribution in [2.24, 2.45) is 0 Å². The van der Waals surface area contributed by atoms with Gasteiger partial charge in [-0.25, -0.2) is 17.2 Å². The minimum atomic E-state index is -3.53. The van der Waals surface area contributed by atoms with Gasteiger partial charge in [0, 0.05) is 12.3 Å². The van der Waals surface area contributed by atoms with Crippen LogP contribution in [-0.2, 0) is 16.3 Å². The Morgan fingerprint density at radius 1 is 1.32 bits per heavy atom. The second-order valence-corrected chi connectivity index (χ2v) is 7.02. The Morgan fingerprint density at radius 3 is 2.63 bits per heavy atom. The molecule has 1 aromatic carbocycles. The maximum atomic E-state index is 13.7. The number of benzene rings is 1. The van der Waals surface area contributed by atoms with Crippen LogP contribution in [0.1, 0.15) is 24.8 Å². The highest BCUT2D eigenvalue weighted by Gasteiger charge is 2.20. The summed E-state index contributed by atoms with van der Waals surface area (Å²) in [6.07, 6.45) is 4.32. The molecule has 3 nitrogen and oxygen atoms in total. The number of sulfone groups is 1. The lowest BCUT2D eigenvalue weighted by Gasteiger charge is -2.23. The summed E-state index contributed by atoms with van der Waals surface area (Å²) in [4.78, 5) is -0.169. The van der Waals surface area contributed by atoms with Gasteiger partial charge in [0.2, 0.25) is 0 Å². The summed E-state index contributed by atoms with van der Waals surface area (Å²) in [5, 5.41) is 3.23. The predicted octanol–water partition coefficient (Wildman–Crippen LogP) is 2.05. The molecular weight excluding hydrogens is 272 g/mol. The fourth-order valence-corrected chi connectivity index (χ4v) is 3.02. The number of piperidine rings is 1. The van der Waals surface area contributed by atoms with Gasteiger partial charge in [-0.1, -0.05) is 6.42 Å². The van der Waals surface area contributed by atoms with Crippen molar-refractivity contribution in [3.05, 3.63) is 29.3 Å². The first-order valence-corrected chi connectivity index (χ1v) is 8.18. The average molecular weight is 289 g/mol. The van der Waals surface area contributed by atoms with E-state index < -0.39 is 21.5 Å². The van der Waals surface area contributed by atoms with Gasteiger partial charge in [0.05, 0.1) is 4.90 Å². The molecule has 1 aromatic rings. The lowest BCUT2D eigenvalue weighted by molar-refractivity contribution is 0.391. The van der Waals surface area contributed by atoms with Gasteiger partial charge in [-0.15, -0.1) is 0 Å². The standard InChI is InChI=1S/C13H17F2NO2S/c1-19(17,18)11-7-9(13(15)12(14)8-11)6-10-4-2-3-5-16-10/h7-8,10,16H,2-6H2,1H3. The summed E-state index contributed by atoms with van der Waals surface area (Å²) in [5.41, 5.74) is 0.125. The van der Waals surface area contributed by atoms with E-state index in [1.54, 1.807) is 0 Å². The van der Waals surface area contributed by atoms with Gasteiger partial charge >= 0.3 is 0 Å². The average Bonchev–Trinajstić information content (AvgIpc) is 2.34. The largest absolute Gasteiger partial charge is 0.314 e. The molecule has 1 fully saturated rings. The van der Waals surface area contributed by atoms with E-state index in [2.05, 4.69) is 5.32 Å². The van der Waals surface area contributed by atoms with E-state index in [0.717, 1.165) is 38.1 Å². The number of hydrogen-bond donors (Lipinski definition) is 1. The molecule has 0 aromatic heterocycles. The van der Waals surface area contributed by atoms with Crippen molar-refractivity contribution in [1.82, 2.24) is 5.32 Å². The number of halogens is 2. The van der Waals surface area contributed by atoms with Crippen LogP contribution in [0.4, 0.5) is 8.78 Å². The molecule has 1 aliphatic rings. The van der Waals surface area contributed by atoms with E-state index in [1.807, 2.05) is 0 Å². The third-order valence-electron chi connectivity index (χ3n) is 3.38. The first-order chi connectivity index (χ1) is 8.88. The second-order valence-electron chi connectivity index (χ2n) is 5.00. The Balaban J connectivity index is 2.30.